The van der Waals surface area contributed by atoms with Gasteiger partial charge in [0.05, 0.1) is 11.6 Å². The van der Waals surface area contributed by atoms with E-state index < -0.39 is 11.7 Å². The van der Waals surface area contributed by atoms with Crippen molar-refractivity contribution in [1.29, 1.82) is 0 Å². The van der Waals surface area contributed by atoms with E-state index in [4.69, 9.17) is 0 Å². The van der Waals surface area contributed by atoms with Crippen LogP contribution in [0, 0.1) is 0 Å². The number of thiophene rings is 2. The number of rotatable bonds is 3. The van der Waals surface area contributed by atoms with E-state index in [9.17, 15) is 18.0 Å². The fourth-order valence-corrected chi connectivity index (χ4v) is 4.92. The number of halogens is 3. The van der Waals surface area contributed by atoms with Crippen LogP contribution in [0.2, 0.25) is 0 Å². The van der Waals surface area contributed by atoms with Crippen LogP contribution in [0.1, 0.15) is 32.5 Å². The monoisotopic (exact) mass is 419 g/mol. The van der Waals surface area contributed by atoms with E-state index in [-0.39, 0.29) is 11.9 Å². The van der Waals surface area contributed by atoms with Crippen LogP contribution in [-0.4, -0.2) is 17.4 Å². The number of amides is 1. The highest BCUT2D eigenvalue weighted by atomic mass is 32.1. The molecule has 0 saturated heterocycles. The van der Waals surface area contributed by atoms with Crippen LogP contribution in [0.15, 0.2) is 59.3 Å². The Bertz CT molecular complexity index is 988. The molecule has 0 spiro atoms. The molecule has 144 valence electrons. The zero-order valence-electron chi connectivity index (χ0n) is 14.6. The highest BCUT2D eigenvalue weighted by molar-refractivity contribution is 7.10. The van der Waals surface area contributed by atoms with E-state index in [2.05, 4.69) is 0 Å². The van der Waals surface area contributed by atoms with E-state index in [0.29, 0.717) is 12.1 Å². The van der Waals surface area contributed by atoms with Gasteiger partial charge in [-0.25, -0.2) is 0 Å². The van der Waals surface area contributed by atoms with Crippen LogP contribution >= 0.6 is 22.7 Å². The van der Waals surface area contributed by atoms with Gasteiger partial charge in [0.15, 0.2) is 0 Å². The summed E-state index contributed by atoms with van der Waals surface area (Å²) in [7, 11) is 0. The van der Waals surface area contributed by atoms with Crippen molar-refractivity contribution in [2.24, 2.45) is 0 Å². The summed E-state index contributed by atoms with van der Waals surface area (Å²) < 4.78 is 38.8. The van der Waals surface area contributed by atoms with Crippen molar-refractivity contribution in [2.45, 2.75) is 18.6 Å². The minimum absolute atomic E-state index is 0.143. The lowest BCUT2D eigenvalue weighted by Gasteiger charge is -2.35. The molecule has 1 atom stereocenters. The Balaban J connectivity index is 1.67. The van der Waals surface area contributed by atoms with Crippen molar-refractivity contribution in [1.82, 2.24) is 4.90 Å². The fourth-order valence-electron chi connectivity index (χ4n) is 3.40. The highest BCUT2D eigenvalue weighted by Crippen LogP contribution is 2.39. The molecule has 28 heavy (non-hydrogen) atoms. The Morgan fingerprint density at radius 3 is 2.54 bits per heavy atom. The van der Waals surface area contributed by atoms with Gasteiger partial charge in [-0.05, 0) is 58.6 Å². The van der Waals surface area contributed by atoms with Gasteiger partial charge in [0, 0.05) is 22.4 Å². The summed E-state index contributed by atoms with van der Waals surface area (Å²) in [6.45, 7) is 0.535. The van der Waals surface area contributed by atoms with E-state index in [1.54, 1.807) is 39.7 Å². The van der Waals surface area contributed by atoms with Gasteiger partial charge in [0.1, 0.15) is 0 Å². The normalized spacial score (nSPS) is 17.1. The highest BCUT2D eigenvalue weighted by Gasteiger charge is 2.34. The summed E-state index contributed by atoms with van der Waals surface area (Å²) in [6.07, 6.45) is -0.305. The number of carbonyl (C=O) groups is 1. The Labute approximate surface area is 168 Å². The van der Waals surface area contributed by atoms with Crippen molar-refractivity contribution in [3.05, 3.63) is 85.7 Å². The molecule has 1 amide bonds. The van der Waals surface area contributed by atoms with E-state index in [0.717, 1.165) is 29.0 Å². The average Bonchev–Trinajstić information content (AvgIpc) is 3.36. The first-order valence-corrected chi connectivity index (χ1v) is 10.4. The zero-order valence-corrected chi connectivity index (χ0v) is 16.3. The molecule has 1 aliphatic heterocycles. The van der Waals surface area contributed by atoms with Crippen LogP contribution in [0.5, 0.6) is 0 Å². The van der Waals surface area contributed by atoms with Crippen molar-refractivity contribution in [3.63, 3.8) is 0 Å². The quantitative estimate of drug-likeness (QED) is 0.476. The van der Waals surface area contributed by atoms with Crippen LogP contribution in [-0.2, 0) is 17.4 Å². The molecular weight excluding hydrogens is 403 g/mol. The largest absolute Gasteiger partial charge is 0.416 e. The number of fused-ring (bicyclic) bond motifs is 1. The number of benzene rings is 1. The first-order chi connectivity index (χ1) is 13.4. The molecule has 2 aromatic heterocycles. The van der Waals surface area contributed by atoms with Gasteiger partial charge in [-0.2, -0.15) is 13.2 Å². The smallest absolute Gasteiger partial charge is 0.328 e. The van der Waals surface area contributed by atoms with Gasteiger partial charge < -0.3 is 4.90 Å². The molecule has 0 aliphatic carbocycles. The van der Waals surface area contributed by atoms with Gasteiger partial charge in [-0.15, -0.1) is 22.7 Å². The summed E-state index contributed by atoms with van der Waals surface area (Å²) in [6, 6.07) is 10.5. The van der Waals surface area contributed by atoms with Crippen molar-refractivity contribution in [3.8, 4) is 0 Å². The number of nitrogens with zero attached hydrogens (tertiary/aromatic N) is 1. The van der Waals surface area contributed by atoms with E-state index in [1.165, 1.54) is 17.0 Å². The zero-order chi connectivity index (χ0) is 19.7. The van der Waals surface area contributed by atoms with Crippen LogP contribution < -0.4 is 0 Å². The lowest BCUT2D eigenvalue weighted by molar-refractivity contribution is -0.137. The SMILES string of the molecule is O=C(C=Cc1cccs1)N1CCc2sccc2C1c1ccc(C(F)(F)F)cc1. The van der Waals surface area contributed by atoms with Gasteiger partial charge >= 0.3 is 6.18 Å². The number of alkyl halides is 3. The molecule has 1 aromatic carbocycles. The second-order valence-electron chi connectivity index (χ2n) is 6.45. The summed E-state index contributed by atoms with van der Waals surface area (Å²) in [4.78, 5) is 16.8. The van der Waals surface area contributed by atoms with Gasteiger partial charge in [-0.1, -0.05) is 18.2 Å². The van der Waals surface area contributed by atoms with Gasteiger partial charge in [0.2, 0.25) is 5.91 Å². The molecule has 3 aromatic rings. The maximum Gasteiger partial charge on any atom is 0.416 e. The summed E-state index contributed by atoms with van der Waals surface area (Å²) in [5.74, 6) is -0.143. The standard InChI is InChI=1S/C21H16F3NOS2/c22-21(23,24)15-5-3-14(4-6-15)20-17-10-13-28-18(17)9-11-25(20)19(26)8-7-16-2-1-12-27-16/h1-8,10,12-13,20H,9,11H2. The maximum atomic E-state index is 12.9. The molecule has 1 aliphatic rings. The fraction of sp³-hybridized carbons (Fsp3) is 0.190. The average molecular weight is 419 g/mol. The predicted molar refractivity (Wildman–Crippen MR) is 106 cm³/mol. The summed E-state index contributed by atoms with van der Waals surface area (Å²) in [5, 5.41) is 3.91. The van der Waals surface area contributed by atoms with Crippen LogP contribution in [0.4, 0.5) is 13.2 Å². The predicted octanol–water partition coefficient (Wildman–Crippen LogP) is 6.02. The Morgan fingerprint density at radius 1 is 1.07 bits per heavy atom. The third kappa shape index (κ3) is 3.77. The molecule has 0 fully saturated rings. The molecule has 7 heteroatoms. The Kier molecular flexibility index (Phi) is 5.12. The second kappa shape index (κ2) is 7.56. The molecule has 2 nitrogen and oxygen atoms in total. The third-order valence-corrected chi connectivity index (χ3v) is 6.57. The van der Waals surface area contributed by atoms with Crippen molar-refractivity contribution >= 4 is 34.7 Å². The molecule has 0 radical (unpaired) electrons. The molecule has 4 rings (SSSR count). The Hall–Kier alpha value is -2.38. The van der Waals surface area contributed by atoms with Crippen LogP contribution in [0.25, 0.3) is 6.08 Å². The van der Waals surface area contributed by atoms with Crippen molar-refractivity contribution < 1.29 is 18.0 Å². The summed E-state index contributed by atoms with van der Waals surface area (Å²) in [5.41, 5.74) is 0.993. The van der Waals surface area contributed by atoms with Crippen molar-refractivity contribution in [2.75, 3.05) is 6.54 Å². The number of carbonyl (C=O) groups excluding carboxylic acids is 1. The minimum Gasteiger partial charge on any atom is -0.328 e. The first kappa shape index (κ1) is 19.0. The number of hydrogen-bond donors (Lipinski definition) is 0. The molecule has 1 unspecified atom stereocenters. The number of hydrogen-bond acceptors (Lipinski definition) is 3. The van der Waals surface area contributed by atoms with Gasteiger partial charge in [0.25, 0.3) is 0 Å². The lowest BCUT2D eigenvalue weighted by atomic mass is 9.92. The molecule has 0 saturated carbocycles. The molecular formula is C21H16F3NOS2. The first-order valence-electron chi connectivity index (χ1n) is 8.69. The Morgan fingerprint density at radius 2 is 1.86 bits per heavy atom. The molecule has 3 heterocycles. The lowest BCUT2D eigenvalue weighted by Crippen LogP contribution is -2.39. The van der Waals surface area contributed by atoms with E-state index >= 15 is 0 Å². The third-order valence-electron chi connectivity index (χ3n) is 4.74. The van der Waals surface area contributed by atoms with E-state index in [1.807, 2.05) is 29.0 Å². The molecule has 0 N–H and O–H groups in total. The minimum atomic E-state index is -4.38. The second-order valence-corrected chi connectivity index (χ2v) is 8.43. The van der Waals surface area contributed by atoms with Gasteiger partial charge in [-0.3, -0.25) is 4.79 Å². The summed E-state index contributed by atoms with van der Waals surface area (Å²) >= 11 is 3.16. The molecule has 0 bridgehead atoms. The van der Waals surface area contributed by atoms with Crippen LogP contribution in [0.3, 0.4) is 0 Å². The topological polar surface area (TPSA) is 20.3 Å². The maximum absolute atomic E-state index is 12.9.